The molecule has 3 rings (SSSR count). The van der Waals surface area contributed by atoms with Gasteiger partial charge in [-0.2, -0.15) is 0 Å². The molecule has 0 aliphatic carbocycles. The van der Waals surface area contributed by atoms with Crippen molar-refractivity contribution in [3.05, 3.63) is 41.1 Å². The van der Waals surface area contributed by atoms with Crippen LogP contribution < -0.4 is 4.90 Å². The number of benzene rings is 1. The minimum Gasteiger partial charge on any atom is -0.464 e. The number of halogens is 1. The Morgan fingerprint density at radius 2 is 1.94 bits per heavy atom. The zero-order valence-electron chi connectivity index (χ0n) is 9.53. The van der Waals surface area contributed by atoms with Crippen molar-refractivity contribution in [2.75, 3.05) is 18.0 Å². The third-order valence-electron chi connectivity index (χ3n) is 3.19. The van der Waals surface area contributed by atoms with Gasteiger partial charge in [0.25, 0.3) is 0 Å². The van der Waals surface area contributed by atoms with E-state index in [1.807, 2.05) is 12.1 Å². The van der Waals surface area contributed by atoms with Gasteiger partial charge in [0.05, 0.1) is 6.26 Å². The summed E-state index contributed by atoms with van der Waals surface area (Å²) in [6.45, 7) is 2.29. The van der Waals surface area contributed by atoms with Crippen LogP contribution in [0.25, 0.3) is 11.3 Å². The monoisotopic (exact) mass is 291 g/mol. The zero-order valence-corrected chi connectivity index (χ0v) is 11.1. The van der Waals surface area contributed by atoms with Gasteiger partial charge in [-0.1, -0.05) is 15.9 Å². The summed E-state index contributed by atoms with van der Waals surface area (Å²) in [7, 11) is 0. The smallest absolute Gasteiger partial charge is 0.135 e. The molecule has 0 amide bonds. The van der Waals surface area contributed by atoms with Crippen LogP contribution in [-0.2, 0) is 0 Å². The van der Waals surface area contributed by atoms with Crippen LogP contribution in [0.1, 0.15) is 12.8 Å². The van der Waals surface area contributed by atoms with E-state index in [-0.39, 0.29) is 0 Å². The van der Waals surface area contributed by atoms with Crippen LogP contribution in [-0.4, -0.2) is 13.1 Å². The van der Waals surface area contributed by atoms with E-state index >= 15 is 0 Å². The molecule has 1 fully saturated rings. The molecule has 2 aromatic rings. The molecule has 2 heterocycles. The van der Waals surface area contributed by atoms with Crippen LogP contribution >= 0.6 is 15.9 Å². The van der Waals surface area contributed by atoms with Crippen molar-refractivity contribution >= 4 is 21.6 Å². The molecule has 0 spiro atoms. The van der Waals surface area contributed by atoms with Gasteiger partial charge in [-0.15, -0.1) is 0 Å². The minimum atomic E-state index is 0.944. The van der Waals surface area contributed by atoms with Crippen LogP contribution in [0.4, 0.5) is 5.69 Å². The third kappa shape index (κ3) is 2.12. The zero-order chi connectivity index (χ0) is 11.7. The van der Waals surface area contributed by atoms with Gasteiger partial charge in [0.1, 0.15) is 5.76 Å². The van der Waals surface area contributed by atoms with Crippen LogP contribution in [0.15, 0.2) is 45.5 Å². The van der Waals surface area contributed by atoms with Crippen molar-refractivity contribution in [3.63, 3.8) is 0 Å². The molecule has 2 nitrogen and oxygen atoms in total. The summed E-state index contributed by atoms with van der Waals surface area (Å²) in [5, 5.41) is 0. The van der Waals surface area contributed by atoms with Crippen LogP contribution in [0.5, 0.6) is 0 Å². The van der Waals surface area contributed by atoms with E-state index < -0.39 is 0 Å². The molecule has 0 atom stereocenters. The second-order valence-electron chi connectivity index (χ2n) is 4.33. The molecule has 1 aromatic carbocycles. The third-order valence-corrected chi connectivity index (χ3v) is 3.69. The van der Waals surface area contributed by atoms with Crippen molar-refractivity contribution < 1.29 is 4.42 Å². The Kier molecular flexibility index (Phi) is 2.93. The second-order valence-corrected chi connectivity index (χ2v) is 5.25. The number of furan rings is 1. The Morgan fingerprint density at radius 3 is 2.65 bits per heavy atom. The molecule has 1 aliphatic rings. The normalized spacial score (nSPS) is 15.5. The molecule has 0 N–H and O–H groups in total. The first-order chi connectivity index (χ1) is 8.34. The van der Waals surface area contributed by atoms with Gasteiger partial charge in [-0.3, -0.25) is 0 Å². The molecule has 1 aliphatic heterocycles. The van der Waals surface area contributed by atoms with Gasteiger partial charge in [-0.25, -0.2) is 0 Å². The van der Waals surface area contributed by atoms with E-state index in [2.05, 4.69) is 39.0 Å². The lowest BCUT2D eigenvalue weighted by molar-refractivity contribution is 0.582. The highest BCUT2D eigenvalue weighted by molar-refractivity contribution is 9.10. The fourth-order valence-electron chi connectivity index (χ4n) is 2.36. The van der Waals surface area contributed by atoms with Gasteiger partial charge in [0, 0.05) is 28.8 Å². The summed E-state index contributed by atoms with van der Waals surface area (Å²) < 4.78 is 6.64. The largest absolute Gasteiger partial charge is 0.464 e. The van der Waals surface area contributed by atoms with Crippen molar-refractivity contribution in [1.29, 1.82) is 0 Å². The van der Waals surface area contributed by atoms with Gasteiger partial charge >= 0.3 is 0 Å². The maximum Gasteiger partial charge on any atom is 0.135 e. The lowest BCUT2D eigenvalue weighted by atomic mass is 10.1. The van der Waals surface area contributed by atoms with Crippen molar-refractivity contribution in [2.24, 2.45) is 0 Å². The SMILES string of the molecule is Brc1ccc(-c2ccco2)c(N2CCCC2)c1. The van der Waals surface area contributed by atoms with Gasteiger partial charge < -0.3 is 9.32 Å². The second kappa shape index (κ2) is 4.57. The predicted molar refractivity (Wildman–Crippen MR) is 73.3 cm³/mol. The Hall–Kier alpha value is -1.22. The number of hydrogen-bond acceptors (Lipinski definition) is 2. The maximum atomic E-state index is 5.52. The summed E-state index contributed by atoms with van der Waals surface area (Å²) in [6, 6.07) is 10.3. The van der Waals surface area contributed by atoms with Gasteiger partial charge in [-0.05, 0) is 43.2 Å². The van der Waals surface area contributed by atoms with E-state index in [9.17, 15) is 0 Å². The molecule has 3 heteroatoms. The van der Waals surface area contributed by atoms with Crippen molar-refractivity contribution in [3.8, 4) is 11.3 Å². The average molecular weight is 292 g/mol. The molecule has 0 saturated carbocycles. The topological polar surface area (TPSA) is 16.4 Å². The molecule has 0 bridgehead atoms. The molecule has 1 aromatic heterocycles. The summed E-state index contributed by atoms with van der Waals surface area (Å²) in [5.41, 5.74) is 2.45. The highest BCUT2D eigenvalue weighted by atomic mass is 79.9. The molecular formula is C14H14BrNO. The Balaban J connectivity index is 2.07. The summed E-state index contributed by atoms with van der Waals surface area (Å²) in [6.07, 6.45) is 4.29. The minimum absolute atomic E-state index is 0.944. The van der Waals surface area contributed by atoms with E-state index in [1.54, 1.807) is 6.26 Å². The first kappa shape index (κ1) is 10.9. The molecular weight excluding hydrogens is 278 g/mol. The first-order valence-electron chi connectivity index (χ1n) is 5.93. The van der Waals surface area contributed by atoms with Gasteiger partial charge in [0.2, 0.25) is 0 Å². The van der Waals surface area contributed by atoms with Crippen molar-refractivity contribution in [2.45, 2.75) is 12.8 Å². The molecule has 17 heavy (non-hydrogen) atoms. The summed E-state index contributed by atoms with van der Waals surface area (Å²) in [4.78, 5) is 2.43. The molecule has 0 unspecified atom stereocenters. The number of nitrogens with zero attached hydrogens (tertiary/aromatic N) is 1. The lowest BCUT2D eigenvalue weighted by Crippen LogP contribution is -2.18. The quantitative estimate of drug-likeness (QED) is 0.820. The molecule has 88 valence electrons. The standard InChI is InChI=1S/C14H14BrNO/c15-11-5-6-12(14-4-3-9-17-14)13(10-11)16-7-1-2-8-16/h3-6,9-10H,1-2,7-8H2. The van der Waals surface area contributed by atoms with Crippen LogP contribution in [0.2, 0.25) is 0 Å². The summed E-state index contributed by atoms with van der Waals surface area (Å²) in [5.74, 6) is 0.944. The van der Waals surface area contributed by atoms with Crippen LogP contribution in [0.3, 0.4) is 0 Å². The predicted octanol–water partition coefficient (Wildman–Crippen LogP) is 4.31. The van der Waals surface area contributed by atoms with Crippen LogP contribution in [0, 0.1) is 0 Å². The highest BCUT2D eigenvalue weighted by Crippen LogP contribution is 2.35. The summed E-state index contributed by atoms with van der Waals surface area (Å²) >= 11 is 3.55. The fraction of sp³-hybridized carbons (Fsp3) is 0.286. The van der Waals surface area contributed by atoms with Crippen molar-refractivity contribution in [1.82, 2.24) is 0 Å². The Morgan fingerprint density at radius 1 is 1.12 bits per heavy atom. The lowest BCUT2D eigenvalue weighted by Gasteiger charge is -2.20. The van der Waals surface area contributed by atoms with E-state index in [4.69, 9.17) is 4.42 Å². The van der Waals surface area contributed by atoms with E-state index in [0.717, 1.165) is 23.3 Å². The van der Waals surface area contributed by atoms with Gasteiger partial charge in [0.15, 0.2) is 0 Å². The Bertz CT molecular complexity index is 501. The highest BCUT2D eigenvalue weighted by Gasteiger charge is 2.17. The number of hydrogen-bond donors (Lipinski definition) is 0. The average Bonchev–Trinajstić information content (AvgIpc) is 3.02. The number of rotatable bonds is 2. The maximum absolute atomic E-state index is 5.52. The molecule has 0 radical (unpaired) electrons. The fourth-order valence-corrected chi connectivity index (χ4v) is 2.71. The van der Waals surface area contributed by atoms with E-state index in [0.29, 0.717) is 0 Å². The number of anilines is 1. The Labute approximate surface area is 109 Å². The first-order valence-corrected chi connectivity index (χ1v) is 6.72. The van der Waals surface area contributed by atoms with E-state index in [1.165, 1.54) is 24.1 Å². The molecule has 1 saturated heterocycles.